The van der Waals surface area contributed by atoms with Gasteiger partial charge in [-0.15, -0.1) is 0 Å². The number of methoxy groups -OCH3 is 1. The number of phenolic OH excluding ortho intramolecular Hbond substituents is 1. The molecule has 1 aromatic heterocycles. The van der Waals surface area contributed by atoms with E-state index < -0.39 is 150 Å². The number of nitrogens with zero attached hydrogens (tertiary/aromatic N) is 1. The number of aromatic nitrogens is 1. The van der Waals surface area contributed by atoms with Crippen LogP contribution in [0.2, 0.25) is 0 Å². The van der Waals surface area contributed by atoms with E-state index in [4.69, 9.17) is 10.5 Å². The lowest BCUT2D eigenvalue weighted by molar-refractivity contribution is -0.144. The third-order valence-electron chi connectivity index (χ3n) is 16.9. The topological polar surface area (TPSA) is 417 Å². The monoisotopic (exact) mass is 1350 g/mol. The molecule has 0 radical (unpaired) electrons. The Kier molecular flexibility index (Phi) is 27.4. The number of hydrogen-bond donors (Lipinski definition) is 13. The van der Waals surface area contributed by atoms with Gasteiger partial charge in [-0.1, -0.05) is 119 Å². The number of benzene rings is 4. The third kappa shape index (κ3) is 21.9. The van der Waals surface area contributed by atoms with Crippen molar-refractivity contribution in [2.45, 2.75) is 166 Å². The molecular formula is C70H89N13O15. The number of amides is 12. The number of nitrogens with one attached hydrogen (secondary N) is 11. The van der Waals surface area contributed by atoms with Crippen LogP contribution in [0.1, 0.15) is 102 Å². The van der Waals surface area contributed by atoms with Crippen molar-refractivity contribution in [2.24, 2.45) is 17.6 Å². The van der Waals surface area contributed by atoms with E-state index >= 15 is 4.79 Å². The van der Waals surface area contributed by atoms with Gasteiger partial charge in [-0.25, -0.2) is 0 Å². The quantitative estimate of drug-likeness (QED) is 0.0397. The van der Waals surface area contributed by atoms with Crippen molar-refractivity contribution in [3.05, 3.63) is 138 Å². The molecule has 2 saturated heterocycles. The summed E-state index contributed by atoms with van der Waals surface area (Å²) in [6.07, 6.45) is -0.572. The molecule has 4 aromatic carbocycles. The molecule has 14 N–H and O–H groups in total. The molecular weight excluding hydrogens is 1260 g/mol. The summed E-state index contributed by atoms with van der Waals surface area (Å²) in [6, 6.07) is 14.6. The van der Waals surface area contributed by atoms with E-state index in [1.165, 1.54) is 24.0 Å². The van der Waals surface area contributed by atoms with Crippen molar-refractivity contribution in [1.82, 2.24) is 63.1 Å². The maximum atomic E-state index is 15.2. The number of nitrogens with two attached hydrogens (primary N) is 1. The molecule has 2 fully saturated rings. The molecule has 524 valence electrons. The largest absolute Gasteiger partial charge is 0.508 e. The van der Waals surface area contributed by atoms with Crippen molar-refractivity contribution in [1.29, 1.82) is 0 Å². The second-order valence-electron chi connectivity index (χ2n) is 25.4. The van der Waals surface area contributed by atoms with E-state index in [0.29, 0.717) is 39.6 Å². The number of fused-ring (bicyclic) bond motifs is 2. The molecule has 28 heteroatoms. The zero-order valence-corrected chi connectivity index (χ0v) is 55.8. The van der Waals surface area contributed by atoms with Crippen LogP contribution in [0.3, 0.4) is 0 Å². The Hall–Kier alpha value is -10.7. The number of para-hydroxylation sites is 1. The fraction of sp³-hybridized carbons (Fsp3) is 0.443. The van der Waals surface area contributed by atoms with Crippen LogP contribution in [0.15, 0.2) is 115 Å². The van der Waals surface area contributed by atoms with Gasteiger partial charge < -0.3 is 78.6 Å². The average Bonchev–Trinajstić information content (AvgIpc) is 1.62. The van der Waals surface area contributed by atoms with Crippen LogP contribution in [0.25, 0.3) is 10.9 Å². The lowest BCUT2D eigenvalue weighted by Crippen LogP contribution is -2.62. The number of aromatic amines is 1. The average molecular weight is 1350 g/mol. The molecule has 0 aliphatic carbocycles. The van der Waals surface area contributed by atoms with Gasteiger partial charge in [0.2, 0.25) is 70.9 Å². The molecule has 98 heavy (non-hydrogen) atoms. The fourth-order valence-electron chi connectivity index (χ4n) is 11.8. The summed E-state index contributed by atoms with van der Waals surface area (Å²) in [4.78, 5) is 191. The van der Waals surface area contributed by atoms with Crippen molar-refractivity contribution >= 4 is 87.8 Å². The maximum Gasteiger partial charge on any atom is 0.308 e. The Morgan fingerprint density at radius 2 is 1.02 bits per heavy atom. The summed E-state index contributed by atoms with van der Waals surface area (Å²) in [5.74, 6) is -12.9. The van der Waals surface area contributed by atoms with Crippen molar-refractivity contribution in [3.63, 3.8) is 0 Å². The zero-order chi connectivity index (χ0) is 71.2. The Balaban J connectivity index is 1.34. The van der Waals surface area contributed by atoms with Crippen LogP contribution in [0.4, 0.5) is 0 Å². The first-order valence-electron chi connectivity index (χ1n) is 32.8. The molecule has 12 amide bonds. The lowest BCUT2D eigenvalue weighted by Gasteiger charge is -2.32. The van der Waals surface area contributed by atoms with Gasteiger partial charge in [0.05, 0.1) is 20.0 Å². The number of ether oxygens (including phenoxy) is 1. The number of rotatable bonds is 19. The fourth-order valence-corrected chi connectivity index (χ4v) is 11.8. The number of carbonyl (C=O) groups excluding carboxylic acids is 13. The van der Waals surface area contributed by atoms with Crippen LogP contribution in [-0.4, -0.2) is 172 Å². The van der Waals surface area contributed by atoms with Crippen LogP contribution >= 0.6 is 0 Å². The Bertz CT molecular complexity index is 3660. The van der Waals surface area contributed by atoms with Crippen LogP contribution in [0, 0.1) is 11.8 Å². The molecule has 2 aliphatic heterocycles. The first-order valence-corrected chi connectivity index (χ1v) is 32.8. The number of aromatic hydroxyl groups is 1. The van der Waals surface area contributed by atoms with Gasteiger partial charge in [-0.05, 0) is 84.4 Å². The van der Waals surface area contributed by atoms with Crippen molar-refractivity contribution in [3.8, 4) is 5.75 Å². The molecule has 28 nitrogen and oxygen atoms in total. The van der Waals surface area contributed by atoms with Gasteiger partial charge in [0.1, 0.15) is 66.2 Å². The summed E-state index contributed by atoms with van der Waals surface area (Å²) in [5.41, 5.74) is 8.41. The highest BCUT2D eigenvalue weighted by Crippen LogP contribution is 2.24. The second-order valence-corrected chi connectivity index (χ2v) is 25.4. The predicted molar refractivity (Wildman–Crippen MR) is 359 cm³/mol. The third-order valence-corrected chi connectivity index (χ3v) is 16.9. The molecule has 10 atom stereocenters. The Morgan fingerprint density at radius 1 is 0.551 bits per heavy atom. The minimum atomic E-state index is -1.90. The normalized spacial score (nSPS) is 23.2. The minimum Gasteiger partial charge on any atom is -0.508 e. The summed E-state index contributed by atoms with van der Waals surface area (Å²) in [5, 5.41) is 37.7. The van der Waals surface area contributed by atoms with Gasteiger partial charge in [0.25, 0.3) is 0 Å². The standard InChI is InChI=1S/C70H89N13O15/c1-39(2)31-50-62(89)81-56(34-44-25-27-46(85)28-26-44)70(97)83-30-16-24-57(83)68(95)80-52(33-43-19-11-8-12-20-43)64(91)76-51(32-42-17-9-7-10-18-42)63(90)78-54(36-58(71)86)65(92)79-55(37-59(87)98-6)66(93)77-53(35-45-38-73-48-22-14-13-21-47(45)48)67(94)82-60(40(3)4)69(96)74-49(61(88)75-50)23-15-29-72-41(5)84/h7-14,17-22,25-28,38-40,49-57,60,73,85H,15-16,23-24,29-37H2,1-6H3,(H2,71,86)(H,72,84)(H,74,96)(H,75,88)(H,76,91)(H,77,93)(H,78,90)(H,79,92)(H,80,95)(H,81,89)(H,82,94)/t49-,50-,51?,52?,53-,54-,55-,56+,57-,60-/m0/s1. The van der Waals surface area contributed by atoms with Crippen LogP contribution < -0.4 is 58.9 Å². The molecule has 0 saturated carbocycles. The van der Waals surface area contributed by atoms with Crippen LogP contribution in [-0.2, 0) is 92.7 Å². The van der Waals surface area contributed by atoms with E-state index in [1.807, 2.05) is 0 Å². The predicted octanol–water partition coefficient (Wildman–Crippen LogP) is 0.569. The zero-order valence-electron chi connectivity index (χ0n) is 55.8. The number of esters is 1. The molecule has 5 aromatic rings. The lowest BCUT2D eigenvalue weighted by atomic mass is 9.98. The molecule has 2 unspecified atom stereocenters. The second kappa shape index (κ2) is 35.9. The number of phenols is 1. The number of H-pyrrole nitrogens is 1. The van der Waals surface area contributed by atoms with E-state index in [9.17, 15) is 62.6 Å². The number of carbonyl (C=O) groups is 13. The minimum absolute atomic E-state index is 0.00403. The number of primary amides is 1. The van der Waals surface area contributed by atoms with Gasteiger partial charge in [0.15, 0.2) is 0 Å². The summed E-state index contributed by atoms with van der Waals surface area (Å²) in [7, 11) is 1.02. The van der Waals surface area contributed by atoms with Crippen molar-refractivity contribution < 1.29 is 72.2 Å². The summed E-state index contributed by atoms with van der Waals surface area (Å²) in [6.45, 7) is 8.20. The number of hydrogen-bond acceptors (Lipinski definition) is 15. The van der Waals surface area contributed by atoms with Crippen LogP contribution in [0.5, 0.6) is 5.75 Å². The van der Waals surface area contributed by atoms with Crippen molar-refractivity contribution in [2.75, 3.05) is 20.2 Å². The van der Waals surface area contributed by atoms with E-state index in [0.717, 1.165) is 7.11 Å². The highest BCUT2D eigenvalue weighted by atomic mass is 16.5. The van der Waals surface area contributed by atoms with Gasteiger partial charge in [0, 0.05) is 62.8 Å². The molecule has 7 rings (SSSR count). The van der Waals surface area contributed by atoms with Gasteiger partial charge in [-0.2, -0.15) is 0 Å². The Morgan fingerprint density at radius 3 is 1.59 bits per heavy atom. The first-order chi connectivity index (χ1) is 46.8. The summed E-state index contributed by atoms with van der Waals surface area (Å²) >= 11 is 0. The molecule has 3 heterocycles. The highest BCUT2D eigenvalue weighted by Gasteiger charge is 2.42. The molecule has 2 aliphatic rings. The Labute approximate surface area is 567 Å². The van der Waals surface area contributed by atoms with E-state index in [1.54, 1.807) is 131 Å². The highest BCUT2D eigenvalue weighted by molar-refractivity contribution is 6.01. The smallest absolute Gasteiger partial charge is 0.308 e. The van der Waals surface area contributed by atoms with E-state index in [2.05, 4.69) is 58.2 Å². The van der Waals surface area contributed by atoms with E-state index in [-0.39, 0.29) is 82.0 Å². The molecule has 0 bridgehead atoms. The SMILES string of the molecule is COC(=O)C[C@@H]1NC(=O)[C@H](CC(N)=O)NC(=O)C(Cc2ccccc2)NC(=O)C(Cc2ccccc2)NC(=O)[C@@H]2CCCN2C(=O)[C@@H](Cc2ccc(O)cc2)NC(=O)[C@H](CC(C)C)NC(=O)[C@H](CCCNC(C)=O)NC(=O)[C@H](C(C)C)NC(=O)[C@H](Cc2c[nH]c3ccccc23)NC1=O. The first kappa shape index (κ1) is 74.7. The maximum absolute atomic E-state index is 15.2. The van der Waals surface area contributed by atoms with Gasteiger partial charge in [-0.3, -0.25) is 62.3 Å². The molecule has 0 spiro atoms. The summed E-state index contributed by atoms with van der Waals surface area (Å²) < 4.78 is 4.91. The van der Waals surface area contributed by atoms with Gasteiger partial charge >= 0.3 is 5.97 Å².